The molecule has 0 atom stereocenters. The molecular weight excluding hydrogens is 368 g/mol. The summed E-state index contributed by atoms with van der Waals surface area (Å²) in [5.74, 6) is 0.469. The number of carbonyl (C=O) groups excluding carboxylic acids is 1. The number of rotatable bonds is 5. The van der Waals surface area contributed by atoms with Gasteiger partial charge in [0.2, 0.25) is 0 Å². The van der Waals surface area contributed by atoms with Crippen LogP contribution >= 0.6 is 23.4 Å². The van der Waals surface area contributed by atoms with Gasteiger partial charge in [-0.2, -0.15) is 0 Å². The minimum absolute atomic E-state index is 0.191. The van der Waals surface area contributed by atoms with Gasteiger partial charge < -0.3 is 11.1 Å². The van der Waals surface area contributed by atoms with Gasteiger partial charge in [-0.3, -0.25) is 9.78 Å². The van der Waals surface area contributed by atoms with Gasteiger partial charge in [0, 0.05) is 52.6 Å². The lowest BCUT2D eigenvalue weighted by Crippen LogP contribution is -2.16. The van der Waals surface area contributed by atoms with Gasteiger partial charge in [0.15, 0.2) is 0 Å². The van der Waals surface area contributed by atoms with Gasteiger partial charge in [-0.1, -0.05) is 35.9 Å². The van der Waals surface area contributed by atoms with E-state index in [1.807, 2.05) is 24.3 Å². The maximum atomic E-state index is 12.6. The smallest absolute Gasteiger partial charge is 0.252 e. The van der Waals surface area contributed by atoms with E-state index in [9.17, 15) is 4.79 Å². The van der Waals surface area contributed by atoms with Crippen molar-refractivity contribution >= 4 is 45.8 Å². The molecule has 0 aliphatic carbocycles. The van der Waals surface area contributed by atoms with Crippen molar-refractivity contribution in [1.29, 1.82) is 0 Å². The van der Waals surface area contributed by atoms with E-state index in [1.54, 1.807) is 48.6 Å². The predicted octanol–water partition coefficient (Wildman–Crippen LogP) is 4.38. The van der Waals surface area contributed by atoms with E-state index in [0.29, 0.717) is 28.6 Å². The molecule has 1 aliphatic rings. The molecule has 0 saturated carbocycles. The Hall–Kier alpha value is -2.57. The minimum Gasteiger partial charge on any atom is -0.398 e. The van der Waals surface area contributed by atoms with Gasteiger partial charge in [0.1, 0.15) is 5.17 Å². The average Bonchev–Trinajstić information content (AvgIpc) is 2.87. The number of nitrogens with zero attached hydrogens (tertiary/aromatic N) is 2. The highest BCUT2D eigenvalue weighted by Gasteiger charge is 2.14. The summed E-state index contributed by atoms with van der Waals surface area (Å²) in [5.41, 5.74) is 8.97. The second-order valence-corrected chi connectivity index (χ2v) is 6.98. The number of hydrogen-bond donors (Lipinski definition) is 2. The third-order valence-electron chi connectivity index (χ3n) is 3.69. The highest BCUT2D eigenvalue weighted by atomic mass is 35.5. The lowest BCUT2D eigenvalue weighted by Gasteiger charge is -2.12. The Kier molecular flexibility index (Phi) is 6.09. The highest BCUT2D eigenvalue weighted by molar-refractivity contribution is 7.98. The summed E-state index contributed by atoms with van der Waals surface area (Å²) >= 11 is 7.56. The fourth-order valence-corrected chi connectivity index (χ4v) is 3.47. The molecule has 1 aromatic carbocycles. The van der Waals surface area contributed by atoms with Crippen LogP contribution in [0.15, 0.2) is 76.5 Å². The molecule has 2 aromatic rings. The van der Waals surface area contributed by atoms with E-state index in [0.717, 1.165) is 16.1 Å². The van der Waals surface area contributed by atoms with Gasteiger partial charge in [0.25, 0.3) is 5.91 Å². The Morgan fingerprint density at radius 2 is 2.15 bits per heavy atom. The molecule has 0 spiro atoms. The van der Waals surface area contributed by atoms with Crippen LogP contribution in [-0.2, 0) is 10.5 Å². The van der Waals surface area contributed by atoms with Crippen LogP contribution in [0.3, 0.4) is 0 Å². The SMILES string of the molecule is Nc1ccncc1SCc1ccccc1NC(=O)C1=CC=CN=C(Cl)C1. The fourth-order valence-electron chi connectivity index (χ4n) is 2.34. The Morgan fingerprint density at radius 1 is 1.31 bits per heavy atom. The summed E-state index contributed by atoms with van der Waals surface area (Å²) in [4.78, 5) is 21.6. The molecule has 0 bridgehead atoms. The molecule has 1 aromatic heterocycles. The van der Waals surface area contributed by atoms with Crippen LogP contribution in [0, 0.1) is 0 Å². The molecule has 0 fully saturated rings. The second kappa shape index (κ2) is 8.69. The van der Waals surface area contributed by atoms with Gasteiger partial charge in [-0.05, 0) is 23.8 Å². The van der Waals surface area contributed by atoms with Gasteiger partial charge in [-0.25, -0.2) is 4.99 Å². The molecule has 0 saturated heterocycles. The molecule has 0 radical (unpaired) electrons. The van der Waals surface area contributed by atoms with Gasteiger partial charge in [-0.15, -0.1) is 11.8 Å². The molecule has 3 N–H and O–H groups in total. The number of carbonyl (C=O) groups is 1. The van der Waals surface area contributed by atoms with E-state index in [2.05, 4.69) is 15.3 Å². The van der Waals surface area contributed by atoms with Crippen molar-refractivity contribution in [2.45, 2.75) is 17.1 Å². The molecular formula is C19H17ClN4OS. The summed E-state index contributed by atoms with van der Waals surface area (Å²) in [6.45, 7) is 0. The Labute approximate surface area is 161 Å². The summed E-state index contributed by atoms with van der Waals surface area (Å²) in [6.07, 6.45) is 8.72. The van der Waals surface area contributed by atoms with Crippen molar-refractivity contribution in [2.24, 2.45) is 4.99 Å². The Morgan fingerprint density at radius 3 is 3.00 bits per heavy atom. The lowest BCUT2D eigenvalue weighted by molar-refractivity contribution is -0.112. The van der Waals surface area contributed by atoms with Crippen LogP contribution in [0.5, 0.6) is 0 Å². The fraction of sp³-hybridized carbons (Fsp3) is 0.105. The number of aromatic nitrogens is 1. The molecule has 132 valence electrons. The molecule has 7 heteroatoms. The highest BCUT2D eigenvalue weighted by Crippen LogP contribution is 2.30. The molecule has 3 rings (SSSR count). The number of para-hydroxylation sites is 1. The number of nitrogen functional groups attached to an aromatic ring is 1. The number of pyridine rings is 1. The largest absolute Gasteiger partial charge is 0.398 e. The summed E-state index contributed by atoms with van der Waals surface area (Å²) in [6, 6.07) is 9.45. The second-order valence-electron chi connectivity index (χ2n) is 5.53. The standard InChI is InChI=1S/C19H17ClN4OS/c20-18-10-13(5-3-8-23-18)19(25)24-16-6-2-1-4-14(16)12-26-17-11-22-9-7-15(17)21/h1-9,11H,10,12H2,(H2,21,22)(H,24,25). The van der Waals surface area contributed by atoms with Crippen molar-refractivity contribution in [2.75, 3.05) is 11.1 Å². The van der Waals surface area contributed by atoms with E-state index in [4.69, 9.17) is 17.3 Å². The third-order valence-corrected chi connectivity index (χ3v) is 5.03. The van der Waals surface area contributed by atoms with Crippen LogP contribution in [0.2, 0.25) is 0 Å². The number of thioether (sulfide) groups is 1. The Bertz CT molecular complexity index is 908. The summed E-state index contributed by atoms with van der Waals surface area (Å²) in [5, 5.41) is 3.35. The van der Waals surface area contributed by atoms with Crippen LogP contribution in [-0.4, -0.2) is 16.1 Å². The van der Waals surface area contributed by atoms with E-state index in [-0.39, 0.29) is 5.91 Å². The third kappa shape index (κ3) is 4.74. The first kappa shape index (κ1) is 18.2. The van der Waals surface area contributed by atoms with Crippen molar-refractivity contribution in [3.63, 3.8) is 0 Å². The quantitative estimate of drug-likeness (QED) is 0.750. The predicted molar refractivity (Wildman–Crippen MR) is 108 cm³/mol. The maximum absolute atomic E-state index is 12.6. The lowest BCUT2D eigenvalue weighted by atomic mass is 10.1. The van der Waals surface area contributed by atoms with Crippen molar-refractivity contribution in [3.05, 3.63) is 72.2 Å². The van der Waals surface area contributed by atoms with Crippen LogP contribution in [0.25, 0.3) is 0 Å². The minimum atomic E-state index is -0.191. The topological polar surface area (TPSA) is 80.4 Å². The first-order valence-electron chi connectivity index (χ1n) is 7.93. The average molecular weight is 385 g/mol. The first-order valence-corrected chi connectivity index (χ1v) is 9.29. The monoisotopic (exact) mass is 384 g/mol. The number of allylic oxidation sites excluding steroid dienone is 2. The van der Waals surface area contributed by atoms with E-state index in [1.165, 1.54) is 0 Å². The molecule has 2 heterocycles. The van der Waals surface area contributed by atoms with Gasteiger partial charge >= 0.3 is 0 Å². The zero-order chi connectivity index (χ0) is 18.4. The molecule has 26 heavy (non-hydrogen) atoms. The van der Waals surface area contributed by atoms with Crippen LogP contribution in [0.4, 0.5) is 11.4 Å². The van der Waals surface area contributed by atoms with E-state index >= 15 is 0 Å². The first-order chi connectivity index (χ1) is 12.6. The molecule has 5 nitrogen and oxygen atoms in total. The zero-order valence-corrected chi connectivity index (χ0v) is 15.4. The van der Waals surface area contributed by atoms with Crippen LogP contribution in [0.1, 0.15) is 12.0 Å². The number of anilines is 2. The van der Waals surface area contributed by atoms with Crippen molar-refractivity contribution < 1.29 is 4.79 Å². The number of hydrogen-bond acceptors (Lipinski definition) is 5. The Balaban J connectivity index is 1.72. The summed E-state index contributed by atoms with van der Waals surface area (Å²) < 4.78 is 0. The maximum Gasteiger partial charge on any atom is 0.252 e. The molecule has 0 unspecified atom stereocenters. The normalized spacial score (nSPS) is 13.6. The van der Waals surface area contributed by atoms with Gasteiger partial charge in [0.05, 0.1) is 0 Å². The zero-order valence-electron chi connectivity index (χ0n) is 13.9. The number of halogens is 1. The number of benzene rings is 1. The summed E-state index contributed by atoms with van der Waals surface area (Å²) in [7, 11) is 0. The number of aliphatic imine (C=N–C) groups is 1. The number of nitrogens with one attached hydrogen (secondary N) is 1. The molecule has 1 amide bonds. The number of nitrogens with two attached hydrogens (primary N) is 1. The molecule has 1 aliphatic heterocycles. The van der Waals surface area contributed by atoms with Crippen molar-refractivity contribution in [3.8, 4) is 0 Å². The van der Waals surface area contributed by atoms with Crippen molar-refractivity contribution in [1.82, 2.24) is 4.98 Å². The van der Waals surface area contributed by atoms with Crippen LogP contribution < -0.4 is 11.1 Å². The van der Waals surface area contributed by atoms with E-state index < -0.39 is 0 Å². The number of amides is 1.